The molecule has 0 bridgehead atoms. The molecule has 0 amide bonds. The minimum Gasteiger partial charge on any atom is -0.384 e. The summed E-state index contributed by atoms with van der Waals surface area (Å²) < 4.78 is 15.2. The van der Waals surface area contributed by atoms with Crippen LogP contribution in [0.2, 0.25) is 5.02 Å². The molecule has 0 saturated carbocycles. The van der Waals surface area contributed by atoms with E-state index in [1.165, 1.54) is 24.4 Å². The number of hydrogen-bond acceptors (Lipinski definition) is 5. The van der Waals surface area contributed by atoms with Crippen LogP contribution in [0, 0.1) is 5.82 Å². The molecule has 0 spiro atoms. The number of hydrogen-bond donors (Lipinski definition) is 2. The van der Waals surface area contributed by atoms with Gasteiger partial charge in [-0.2, -0.15) is 0 Å². The first-order chi connectivity index (χ1) is 12.4. The Balaban J connectivity index is 2.42. The first-order valence-corrected chi connectivity index (χ1v) is 8.70. The Morgan fingerprint density at radius 3 is 2.69 bits per heavy atom. The number of pyridine rings is 1. The summed E-state index contributed by atoms with van der Waals surface area (Å²) in [6.45, 7) is 3.74. The zero-order valence-corrected chi connectivity index (χ0v) is 15.4. The Bertz CT molecular complexity index is 796. The van der Waals surface area contributed by atoms with Gasteiger partial charge in [-0.1, -0.05) is 24.6 Å². The SMILES string of the molecule is CC[C@@H](NC(C)CC=O)c1ccc(Cl)c(C(=O)c2ccc(N)nc2)c1F. The van der Waals surface area contributed by atoms with Gasteiger partial charge in [0.1, 0.15) is 17.9 Å². The number of rotatable bonds is 8. The Hall–Kier alpha value is -2.31. The van der Waals surface area contributed by atoms with Crippen molar-refractivity contribution in [3.63, 3.8) is 0 Å². The number of nitrogens with zero attached hydrogens (tertiary/aromatic N) is 1. The minimum atomic E-state index is -0.669. The monoisotopic (exact) mass is 377 g/mol. The van der Waals surface area contributed by atoms with E-state index in [0.717, 1.165) is 6.29 Å². The predicted molar refractivity (Wildman–Crippen MR) is 99.8 cm³/mol. The van der Waals surface area contributed by atoms with Crippen LogP contribution >= 0.6 is 11.6 Å². The molecule has 0 saturated heterocycles. The lowest BCUT2D eigenvalue weighted by molar-refractivity contribution is -0.108. The summed E-state index contributed by atoms with van der Waals surface area (Å²) in [6, 6.07) is 5.55. The molecule has 0 aliphatic rings. The van der Waals surface area contributed by atoms with Crippen molar-refractivity contribution in [1.29, 1.82) is 0 Å². The zero-order chi connectivity index (χ0) is 19.3. The highest BCUT2D eigenvalue weighted by Crippen LogP contribution is 2.30. The summed E-state index contributed by atoms with van der Waals surface area (Å²) in [5, 5.41) is 3.23. The fourth-order valence-corrected chi connectivity index (χ4v) is 2.94. The zero-order valence-electron chi connectivity index (χ0n) is 14.6. The Kier molecular flexibility index (Phi) is 6.83. The van der Waals surface area contributed by atoms with Gasteiger partial charge in [-0.05, 0) is 31.5 Å². The summed E-state index contributed by atoms with van der Waals surface area (Å²) in [4.78, 5) is 27.2. The predicted octanol–water partition coefficient (Wildman–Crippen LogP) is 3.71. The Labute approximate surface area is 156 Å². The average molecular weight is 378 g/mol. The number of carbonyl (C=O) groups is 2. The molecule has 1 heterocycles. The molecule has 5 nitrogen and oxygen atoms in total. The largest absolute Gasteiger partial charge is 0.384 e. The fourth-order valence-electron chi connectivity index (χ4n) is 2.71. The number of halogens is 2. The molecule has 26 heavy (non-hydrogen) atoms. The van der Waals surface area contributed by atoms with Crippen LogP contribution in [0.5, 0.6) is 0 Å². The maximum Gasteiger partial charge on any atom is 0.199 e. The molecule has 1 aromatic carbocycles. The van der Waals surface area contributed by atoms with Gasteiger partial charge in [0, 0.05) is 35.8 Å². The molecule has 3 N–H and O–H groups in total. The molecule has 0 radical (unpaired) electrons. The van der Waals surface area contributed by atoms with Crippen molar-refractivity contribution in [3.05, 3.63) is 58.0 Å². The number of ketones is 1. The van der Waals surface area contributed by atoms with Crippen molar-refractivity contribution < 1.29 is 14.0 Å². The minimum absolute atomic E-state index is 0.0314. The molecular weight excluding hydrogens is 357 g/mol. The van der Waals surface area contributed by atoms with Gasteiger partial charge in [0.15, 0.2) is 5.78 Å². The molecule has 0 aliphatic heterocycles. The molecule has 2 rings (SSSR count). The van der Waals surface area contributed by atoms with Gasteiger partial charge < -0.3 is 15.8 Å². The standard InChI is InChI=1S/C19H21ClFN3O2/c1-3-15(24-11(2)8-9-25)13-5-6-14(20)17(18(13)21)19(26)12-4-7-16(22)23-10-12/h4-7,9-11,15,24H,3,8H2,1-2H3,(H2,22,23)/t11?,15-/m1/s1. The van der Waals surface area contributed by atoms with Crippen LogP contribution in [0.4, 0.5) is 10.2 Å². The molecule has 1 aromatic heterocycles. The molecular formula is C19H21ClFN3O2. The second-order valence-electron chi connectivity index (χ2n) is 6.06. The third-order valence-electron chi connectivity index (χ3n) is 4.12. The first kappa shape index (κ1) is 20.0. The number of nitrogens with one attached hydrogen (secondary N) is 1. The molecule has 2 aromatic rings. The lowest BCUT2D eigenvalue weighted by atomic mass is 9.96. The van der Waals surface area contributed by atoms with Crippen LogP contribution in [0.1, 0.15) is 54.2 Å². The smallest absolute Gasteiger partial charge is 0.199 e. The van der Waals surface area contributed by atoms with Gasteiger partial charge in [-0.15, -0.1) is 0 Å². The van der Waals surface area contributed by atoms with Crippen LogP contribution in [-0.2, 0) is 4.79 Å². The summed E-state index contributed by atoms with van der Waals surface area (Å²) in [5.74, 6) is -0.962. The third-order valence-corrected chi connectivity index (χ3v) is 4.43. The first-order valence-electron chi connectivity index (χ1n) is 8.32. The number of aldehydes is 1. The van der Waals surface area contributed by atoms with Crippen molar-refractivity contribution in [1.82, 2.24) is 10.3 Å². The molecule has 138 valence electrons. The van der Waals surface area contributed by atoms with Crippen molar-refractivity contribution >= 4 is 29.5 Å². The molecule has 0 fully saturated rings. The number of benzene rings is 1. The maximum atomic E-state index is 15.2. The molecule has 2 atom stereocenters. The molecule has 0 aliphatic carbocycles. The Morgan fingerprint density at radius 2 is 2.12 bits per heavy atom. The number of nitrogen functional groups attached to an aromatic ring is 1. The van der Waals surface area contributed by atoms with Crippen LogP contribution < -0.4 is 11.1 Å². The fraction of sp³-hybridized carbons (Fsp3) is 0.316. The van der Waals surface area contributed by atoms with Gasteiger partial charge >= 0.3 is 0 Å². The van der Waals surface area contributed by atoms with E-state index in [2.05, 4.69) is 10.3 Å². The van der Waals surface area contributed by atoms with Gasteiger partial charge in [-0.3, -0.25) is 4.79 Å². The van der Waals surface area contributed by atoms with Gasteiger partial charge in [0.2, 0.25) is 0 Å². The molecule has 1 unspecified atom stereocenters. The van der Waals surface area contributed by atoms with Crippen molar-refractivity contribution in [2.24, 2.45) is 0 Å². The topological polar surface area (TPSA) is 85.1 Å². The summed E-state index contributed by atoms with van der Waals surface area (Å²) >= 11 is 6.11. The third kappa shape index (κ3) is 4.45. The van der Waals surface area contributed by atoms with E-state index in [-0.39, 0.29) is 34.1 Å². The quantitative estimate of drug-likeness (QED) is 0.541. The van der Waals surface area contributed by atoms with E-state index < -0.39 is 11.6 Å². The average Bonchev–Trinajstić information content (AvgIpc) is 2.61. The van der Waals surface area contributed by atoms with Crippen molar-refractivity contribution in [3.8, 4) is 0 Å². The number of aromatic nitrogens is 1. The van der Waals surface area contributed by atoms with E-state index in [1.807, 2.05) is 13.8 Å². The summed E-state index contributed by atoms with van der Waals surface area (Å²) in [6.07, 6.45) is 3.00. The Morgan fingerprint density at radius 1 is 1.38 bits per heavy atom. The normalized spacial score (nSPS) is 13.2. The van der Waals surface area contributed by atoms with Crippen LogP contribution in [0.3, 0.4) is 0 Å². The second kappa shape index (κ2) is 8.87. The van der Waals surface area contributed by atoms with E-state index >= 15 is 4.39 Å². The highest BCUT2D eigenvalue weighted by Gasteiger charge is 2.24. The second-order valence-corrected chi connectivity index (χ2v) is 6.46. The van der Waals surface area contributed by atoms with Crippen LogP contribution in [-0.4, -0.2) is 23.1 Å². The molecule has 7 heteroatoms. The highest BCUT2D eigenvalue weighted by molar-refractivity contribution is 6.35. The van der Waals surface area contributed by atoms with E-state index in [4.69, 9.17) is 17.3 Å². The van der Waals surface area contributed by atoms with Crippen molar-refractivity contribution in [2.45, 2.75) is 38.8 Å². The van der Waals surface area contributed by atoms with E-state index in [0.29, 0.717) is 18.4 Å². The van der Waals surface area contributed by atoms with Gasteiger partial charge in [0.25, 0.3) is 0 Å². The number of anilines is 1. The number of carbonyl (C=O) groups excluding carboxylic acids is 2. The van der Waals surface area contributed by atoms with Crippen LogP contribution in [0.25, 0.3) is 0 Å². The highest BCUT2D eigenvalue weighted by atomic mass is 35.5. The maximum absolute atomic E-state index is 15.2. The van der Waals surface area contributed by atoms with Crippen LogP contribution in [0.15, 0.2) is 30.5 Å². The summed E-state index contributed by atoms with van der Waals surface area (Å²) in [5.41, 5.74) is 5.86. The van der Waals surface area contributed by atoms with E-state index in [9.17, 15) is 9.59 Å². The number of nitrogens with two attached hydrogens (primary N) is 1. The van der Waals surface area contributed by atoms with Gasteiger partial charge in [-0.25, -0.2) is 9.37 Å². The summed E-state index contributed by atoms with van der Waals surface area (Å²) in [7, 11) is 0. The lowest BCUT2D eigenvalue weighted by Crippen LogP contribution is -2.31. The lowest BCUT2D eigenvalue weighted by Gasteiger charge is -2.23. The van der Waals surface area contributed by atoms with Gasteiger partial charge in [0.05, 0.1) is 10.6 Å². The van der Waals surface area contributed by atoms with E-state index in [1.54, 1.807) is 6.07 Å². The van der Waals surface area contributed by atoms with Crippen molar-refractivity contribution in [2.75, 3.05) is 5.73 Å².